The third kappa shape index (κ3) is 7.35. The van der Waals surface area contributed by atoms with E-state index in [2.05, 4.69) is 5.32 Å². The van der Waals surface area contributed by atoms with Crippen LogP contribution < -0.4 is 11.1 Å². The Morgan fingerprint density at radius 2 is 1.75 bits per heavy atom. The van der Waals surface area contributed by atoms with Crippen molar-refractivity contribution in [2.45, 2.75) is 50.2 Å². The summed E-state index contributed by atoms with van der Waals surface area (Å²) in [6.07, 6.45) is -0.0848. The highest BCUT2D eigenvalue weighted by Gasteiger charge is 2.47. The van der Waals surface area contributed by atoms with Crippen molar-refractivity contribution < 1.29 is 27.5 Å². The van der Waals surface area contributed by atoms with Crippen LogP contribution >= 0.6 is 0 Å². The molecule has 1 saturated carbocycles. The minimum absolute atomic E-state index is 0.0780. The number of aliphatic hydroxyl groups excluding tert-OH is 1. The van der Waals surface area contributed by atoms with Crippen molar-refractivity contribution in [1.29, 1.82) is 0 Å². The molecule has 1 fully saturated rings. The normalized spacial score (nSPS) is 19.2. The molecule has 1 aliphatic rings. The van der Waals surface area contributed by atoms with Crippen LogP contribution in [-0.2, 0) is 26.0 Å². The number of rotatable bonds is 13. The van der Waals surface area contributed by atoms with Gasteiger partial charge in [-0.15, -0.1) is 0 Å². The molecule has 0 aliphatic heterocycles. The first-order chi connectivity index (χ1) is 17.0. The van der Waals surface area contributed by atoms with Gasteiger partial charge in [0.25, 0.3) is 0 Å². The maximum absolute atomic E-state index is 13.4. The van der Waals surface area contributed by atoms with Crippen molar-refractivity contribution in [2.24, 2.45) is 23.5 Å². The maximum Gasteiger partial charge on any atom is 0.243 e. The summed E-state index contributed by atoms with van der Waals surface area (Å²) < 4.78 is 41.4. The predicted molar refractivity (Wildman–Crippen MR) is 133 cm³/mol. The van der Waals surface area contributed by atoms with Crippen LogP contribution in [0.1, 0.15) is 32.3 Å². The highest BCUT2D eigenvalue weighted by Crippen LogP contribution is 2.38. The first kappa shape index (κ1) is 27.8. The fourth-order valence-electron chi connectivity index (χ4n) is 4.04. The Bertz CT molecular complexity index is 1140. The van der Waals surface area contributed by atoms with Gasteiger partial charge in [-0.1, -0.05) is 44.2 Å². The second kappa shape index (κ2) is 11.9. The van der Waals surface area contributed by atoms with Crippen molar-refractivity contribution in [3.63, 3.8) is 0 Å². The zero-order valence-corrected chi connectivity index (χ0v) is 21.3. The lowest BCUT2D eigenvalue weighted by Crippen LogP contribution is -2.51. The number of carbonyl (C=O) groups excluding carboxylic acids is 2. The number of sulfonamides is 1. The van der Waals surface area contributed by atoms with E-state index in [0.717, 1.165) is 17.7 Å². The van der Waals surface area contributed by atoms with Crippen molar-refractivity contribution in [3.8, 4) is 0 Å². The second-order valence-corrected chi connectivity index (χ2v) is 11.7. The minimum Gasteiger partial charge on any atom is -0.390 e. The molecular weight excluding hydrogens is 485 g/mol. The Morgan fingerprint density at radius 3 is 2.31 bits per heavy atom. The molecule has 0 saturated heterocycles. The Balaban J connectivity index is 1.83. The van der Waals surface area contributed by atoms with Gasteiger partial charge in [-0.3, -0.25) is 9.59 Å². The Hall–Kier alpha value is -2.82. The second-order valence-electron chi connectivity index (χ2n) is 9.72. The topological polar surface area (TPSA) is 130 Å². The van der Waals surface area contributed by atoms with Gasteiger partial charge in [0, 0.05) is 13.1 Å². The van der Waals surface area contributed by atoms with E-state index >= 15 is 0 Å². The summed E-state index contributed by atoms with van der Waals surface area (Å²) in [5, 5.41) is 14.0. The van der Waals surface area contributed by atoms with E-state index in [1.165, 1.54) is 16.4 Å². The monoisotopic (exact) mass is 519 g/mol. The third-order valence-corrected chi connectivity index (χ3v) is 8.26. The highest BCUT2D eigenvalue weighted by atomic mass is 32.2. The Kier molecular flexibility index (Phi) is 9.21. The van der Waals surface area contributed by atoms with Crippen LogP contribution in [0.25, 0.3) is 0 Å². The SMILES string of the molecule is CC(C)CCN(CC(O)C(Cc1ccccc1)NC(=O)C1CC1C(N)=O)S(=O)(=O)c1ccc(F)cc1. The number of hydrogen-bond acceptors (Lipinski definition) is 5. The van der Waals surface area contributed by atoms with E-state index in [1.54, 1.807) is 0 Å². The molecule has 4 atom stereocenters. The van der Waals surface area contributed by atoms with E-state index in [-0.39, 0.29) is 30.3 Å². The highest BCUT2D eigenvalue weighted by molar-refractivity contribution is 7.89. The quantitative estimate of drug-likeness (QED) is 0.373. The van der Waals surface area contributed by atoms with E-state index in [0.29, 0.717) is 12.8 Å². The number of nitrogens with zero attached hydrogens (tertiary/aromatic N) is 1. The summed E-state index contributed by atoms with van der Waals surface area (Å²) in [6, 6.07) is 12.9. The number of primary amides is 1. The number of halogens is 1. The average molecular weight is 520 g/mol. The van der Waals surface area contributed by atoms with Gasteiger partial charge in [0.05, 0.1) is 28.9 Å². The molecule has 2 amide bonds. The summed E-state index contributed by atoms with van der Waals surface area (Å²) in [4.78, 5) is 24.1. The molecular formula is C26H34FN3O5S. The predicted octanol–water partition coefficient (Wildman–Crippen LogP) is 2.07. The van der Waals surface area contributed by atoms with Crippen LogP contribution in [0.4, 0.5) is 4.39 Å². The molecule has 4 N–H and O–H groups in total. The van der Waals surface area contributed by atoms with Gasteiger partial charge in [-0.2, -0.15) is 4.31 Å². The number of nitrogens with two attached hydrogens (primary N) is 1. The molecule has 0 radical (unpaired) electrons. The van der Waals surface area contributed by atoms with Crippen LogP contribution in [0.3, 0.4) is 0 Å². The van der Waals surface area contributed by atoms with E-state index in [1.807, 2.05) is 44.2 Å². The van der Waals surface area contributed by atoms with Crippen LogP contribution in [0.15, 0.2) is 59.5 Å². The van der Waals surface area contributed by atoms with E-state index in [4.69, 9.17) is 5.73 Å². The molecule has 2 aromatic rings. The number of amides is 2. The van der Waals surface area contributed by atoms with Gasteiger partial charge in [0.15, 0.2) is 0 Å². The maximum atomic E-state index is 13.4. The lowest BCUT2D eigenvalue weighted by Gasteiger charge is -2.30. The lowest BCUT2D eigenvalue weighted by atomic mass is 10.0. The summed E-state index contributed by atoms with van der Waals surface area (Å²) in [6.45, 7) is 3.80. The number of carbonyl (C=O) groups is 2. The molecule has 2 aromatic carbocycles. The molecule has 36 heavy (non-hydrogen) atoms. The zero-order chi connectivity index (χ0) is 26.5. The average Bonchev–Trinajstić information content (AvgIpc) is 3.63. The fourth-order valence-corrected chi connectivity index (χ4v) is 5.52. The number of hydrogen-bond donors (Lipinski definition) is 3. The molecule has 8 nitrogen and oxygen atoms in total. The van der Waals surface area contributed by atoms with Crippen LogP contribution in [0.2, 0.25) is 0 Å². The summed E-state index contributed by atoms with van der Waals surface area (Å²) in [5.74, 6) is -2.36. The number of nitrogens with one attached hydrogen (secondary N) is 1. The van der Waals surface area contributed by atoms with Crippen LogP contribution in [0, 0.1) is 23.6 Å². The van der Waals surface area contributed by atoms with Crippen molar-refractivity contribution in [2.75, 3.05) is 13.1 Å². The van der Waals surface area contributed by atoms with Gasteiger partial charge < -0.3 is 16.2 Å². The Morgan fingerprint density at radius 1 is 1.11 bits per heavy atom. The molecule has 0 aromatic heterocycles. The molecule has 0 heterocycles. The lowest BCUT2D eigenvalue weighted by molar-refractivity contribution is -0.127. The van der Waals surface area contributed by atoms with Gasteiger partial charge in [0.2, 0.25) is 21.8 Å². The van der Waals surface area contributed by atoms with E-state index in [9.17, 15) is 27.5 Å². The van der Waals surface area contributed by atoms with Gasteiger partial charge in [-0.05, 0) is 55.0 Å². The molecule has 1 aliphatic carbocycles. The van der Waals surface area contributed by atoms with Gasteiger partial charge in [-0.25, -0.2) is 12.8 Å². The summed E-state index contributed by atoms with van der Waals surface area (Å²) >= 11 is 0. The Labute approximate surface area is 211 Å². The minimum atomic E-state index is -4.03. The van der Waals surface area contributed by atoms with Crippen LogP contribution in [0.5, 0.6) is 0 Å². The molecule has 196 valence electrons. The van der Waals surface area contributed by atoms with Gasteiger partial charge in [0.1, 0.15) is 5.82 Å². The summed E-state index contributed by atoms with van der Waals surface area (Å²) in [7, 11) is -4.03. The molecule has 10 heteroatoms. The van der Waals surface area contributed by atoms with Crippen molar-refractivity contribution in [3.05, 3.63) is 66.0 Å². The van der Waals surface area contributed by atoms with Crippen LogP contribution in [-0.4, -0.2) is 54.9 Å². The van der Waals surface area contributed by atoms with Crippen molar-refractivity contribution >= 4 is 21.8 Å². The van der Waals surface area contributed by atoms with Crippen molar-refractivity contribution in [1.82, 2.24) is 9.62 Å². The molecule has 0 bridgehead atoms. The largest absolute Gasteiger partial charge is 0.390 e. The number of benzene rings is 2. The zero-order valence-electron chi connectivity index (χ0n) is 20.5. The van der Waals surface area contributed by atoms with Gasteiger partial charge >= 0.3 is 0 Å². The first-order valence-electron chi connectivity index (χ1n) is 12.1. The molecule has 4 unspecified atom stereocenters. The standard InChI is InChI=1S/C26H34FN3O5S/c1-17(2)12-13-30(36(34,35)20-10-8-19(27)9-11-20)16-24(31)23(14-18-6-4-3-5-7-18)29-26(33)22-15-21(22)25(28)32/h3-11,17,21-24,31H,12-16H2,1-2H3,(H2,28,32)(H,29,33). The third-order valence-electron chi connectivity index (χ3n) is 6.38. The van der Waals surface area contributed by atoms with E-state index < -0.39 is 51.6 Å². The number of aliphatic hydroxyl groups is 1. The fraction of sp³-hybridized carbons (Fsp3) is 0.462. The first-order valence-corrected chi connectivity index (χ1v) is 13.5. The smallest absolute Gasteiger partial charge is 0.243 e. The molecule has 3 rings (SSSR count). The molecule has 0 spiro atoms. The summed E-state index contributed by atoms with van der Waals surface area (Å²) in [5.41, 5.74) is 6.16.